The van der Waals surface area contributed by atoms with Crippen LogP contribution >= 0.6 is 27.3 Å². The summed E-state index contributed by atoms with van der Waals surface area (Å²) in [6, 6.07) is 8.53. The van der Waals surface area contributed by atoms with Crippen LogP contribution in [0, 0.1) is 6.92 Å². The van der Waals surface area contributed by atoms with Crippen LogP contribution in [-0.4, -0.2) is 6.54 Å². The van der Waals surface area contributed by atoms with Crippen LogP contribution in [0.1, 0.15) is 11.1 Å². The molecule has 0 amide bonds. The molecule has 1 N–H and O–H groups in total. The van der Waals surface area contributed by atoms with Gasteiger partial charge in [0, 0.05) is 16.7 Å². The summed E-state index contributed by atoms with van der Waals surface area (Å²) < 4.78 is 1.16. The molecule has 2 rings (SSSR count). The second kappa shape index (κ2) is 5.51. The van der Waals surface area contributed by atoms with Crippen molar-refractivity contribution in [1.29, 1.82) is 0 Å². The summed E-state index contributed by atoms with van der Waals surface area (Å²) in [5, 5.41) is 7.76. The number of halogens is 1. The second-order valence-electron chi connectivity index (χ2n) is 3.77. The van der Waals surface area contributed by atoms with Gasteiger partial charge in [-0.25, -0.2) is 0 Å². The fourth-order valence-corrected chi connectivity index (χ4v) is 2.49. The largest absolute Gasteiger partial charge is 0.385 e. The summed E-state index contributed by atoms with van der Waals surface area (Å²) in [6.07, 6.45) is 1.08. The summed E-state index contributed by atoms with van der Waals surface area (Å²) >= 11 is 5.26. The molecule has 3 heteroatoms. The lowest BCUT2D eigenvalue weighted by molar-refractivity contribution is 1.03. The Morgan fingerprint density at radius 2 is 2.19 bits per heavy atom. The average molecular weight is 296 g/mol. The van der Waals surface area contributed by atoms with E-state index in [0.29, 0.717) is 0 Å². The molecule has 0 spiro atoms. The van der Waals surface area contributed by atoms with Crippen LogP contribution in [0.25, 0.3) is 0 Å². The first-order valence-corrected chi connectivity index (χ1v) is 7.00. The Kier molecular flexibility index (Phi) is 4.02. The predicted octanol–water partition coefficient (Wildman–Crippen LogP) is 4.47. The highest BCUT2D eigenvalue weighted by atomic mass is 79.9. The van der Waals surface area contributed by atoms with Crippen molar-refractivity contribution in [2.24, 2.45) is 0 Å². The predicted molar refractivity (Wildman–Crippen MR) is 75.4 cm³/mol. The van der Waals surface area contributed by atoms with Gasteiger partial charge in [-0.05, 0) is 59.5 Å². The zero-order chi connectivity index (χ0) is 11.4. The smallest absolute Gasteiger partial charge is 0.0343 e. The molecule has 0 atom stereocenters. The third-order valence-corrected chi connectivity index (χ3v) is 4.10. The molecule has 0 aliphatic carbocycles. The van der Waals surface area contributed by atoms with Gasteiger partial charge in [-0.3, -0.25) is 0 Å². The lowest BCUT2D eigenvalue weighted by Gasteiger charge is -2.07. The van der Waals surface area contributed by atoms with Gasteiger partial charge < -0.3 is 5.32 Å². The van der Waals surface area contributed by atoms with Gasteiger partial charge in [0.1, 0.15) is 0 Å². The fourth-order valence-electron chi connectivity index (χ4n) is 1.54. The van der Waals surface area contributed by atoms with Crippen molar-refractivity contribution in [1.82, 2.24) is 0 Å². The molecule has 0 unspecified atom stereocenters. The Labute approximate surface area is 109 Å². The molecule has 1 nitrogen and oxygen atoms in total. The number of hydrogen-bond acceptors (Lipinski definition) is 2. The normalized spacial score (nSPS) is 10.4. The van der Waals surface area contributed by atoms with E-state index in [9.17, 15) is 0 Å². The Hall–Kier alpha value is -0.800. The summed E-state index contributed by atoms with van der Waals surface area (Å²) in [6.45, 7) is 3.09. The van der Waals surface area contributed by atoms with E-state index >= 15 is 0 Å². The molecule has 0 aliphatic heterocycles. The quantitative estimate of drug-likeness (QED) is 0.877. The molecule has 16 heavy (non-hydrogen) atoms. The van der Waals surface area contributed by atoms with Gasteiger partial charge in [0.15, 0.2) is 0 Å². The molecule has 84 valence electrons. The summed E-state index contributed by atoms with van der Waals surface area (Å²) in [5.41, 5.74) is 3.86. The first kappa shape index (κ1) is 11.7. The van der Waals surface area contributed by atoms with Crippen molar-refractivity contribution >= 4 is 33.0 Å². The minimum absolute atomic E-state index is 0.984. The zero-order valence-electron chi connectivity index (χ0n) is 9.16. The molecule has 1 heterocycles. The van der Waals surface area contributed by atoms with Crippen molar-refractivity contribution in [3.8, 4) is 0 Å². The molecule has 0 radical (unpaired) electrons. The molecule has 1 aromatic heterocycles. The molecule has 1 aromatic carbocycles. The van der Waals surface area contributed by atoms with Gasteiger partial charge in [0.2, 0.25) is 0 Å². The molecule has 0 saturated heterocycles. The maximum Gasteiger partial charge on any atom is 0.0343 e. The first-order valence-electron chi connectivity index (χ1n) is 5.27. The van der Waals surface area contributed by atoms with Crippen LogP contribution in [0.4, 0.5) is 5.69 Å². The lowest BCUT2D eigenvalue weighted by atomic mass is 10.2. The van der Waals surface area contributed by atoms with Crippen LogP contribution in [0.15, 0.2) is 39.5 Å². The highest BCUT2D eigenvalue weighted by Crippen LogP contribution is 2.20. The fraction of sp³-hybridized carbons (Fsp3) is 0.231. The second-order valence-corrected chi connectivity index (χ2v) is 5.41. The number of benzene rings is 1. The van der Waals surface area contributed by atoms with Gasteiger partial charge >= 0.3 is 0 Å². The molecule has 0 aliphatic rings. The third kappa shape index (κ3) is 3.09. The first-order chi connectivity index (χ1) is 7.75. The molecule has 2 aromatic rings. The maximum absolute atomic E-state index is 3.50. The van der Waals surface area contributed by atoms with Crippen LogP contribution in [-0.2, 0) is 6.42 Å². The topological polar surface area (TPSA) is 12.0 Å². The lowest BCUT2D eigenvalue weighted by Crippen LogP contribution is -2.04. The van der Waals surface area contributed by atoms with Crippen LogP contribution in [0.2, 0.25) is 0 Å². The minimum atomic E-state index is 0.984. The number of hydrogen-bond donors (Lipinski definition) is 1. The Bertz CT molecular complexity index is 451. The van der Waals surface area contributed by atoms with Crippen LogP contribution in [0.3, 0.4) is 0 Å². The number of nitrogens with one attached hydrogen (secondary N) is 1. The zero-order valence-corrected chi connectivity index (χ0v) is 11.6. The van der Waals surface area contributed by atoms with Crippen molar-refractivity contribution in [3.63, 3.8) is 0 Å². The van der Waals surface area contributed by atoms with Gasteiger partial charge in [-0.1, -0.05) is 15.9 Å². The Balaban J connectivity index is 1.87. The summed E-state index contributed by atoms with van der Waals surface area (Å²) in [5.74, 6) is 0. The molecular formula is C13H14BrNS. The van der Waals surface area contributed by atoms with Gasteiger partial charge in [0.05, 0.1) is 0 Å². The van der Waals surface area contributed by atoms with Crippen molar-refractivity contribution in [2.75, 3.05) is 11.9 Å². The Morgan fingerprint density at radius 3 is 2.88 bits per heavy atom. The van der Waals surface area contributed by atoms with E-state index in [-0.39, 0.29) is 0 Å². The van der Waals surface area contributed by atoms with Crippen molar-refractivity contribution < 1.29 is 0 Å². The van der Waals surface area contributed by atoms with E-state index in [1.807, 2.05) is 0 Å². The summed E-state index contributed by atoms with van der Waals surface area (Å²) in [7, 11) is 0. The monoisotopic (exact) mass is 295 g/mol. The summed E-state index contributed by atoms with van der Waals surface area (Å²) in [4.78, 5) is 0. The Morgan fingerprint density at radius 1 is 1.31 bits per heavy atom. The van der Waals surface area contributed by atoms with Gasteiger partial charge in [0.25, 0.3) is 0 Å². The van der Waals surface area contributed by atoms with E-state index in [2.05, 4.69) is 63.2 Å². The number of anilines is 1. The standard InChI is InChI=1S/C13H14BrNS/c1-10-8-12(2-3-13(10)14)15-6-4-11-5-7-16-9-11/h2-3,5,7-9,15H,4,6H2,1H3. The molecule has 0 fully saturated rings. The van der Waals surface area contributed by atoms with Gasteiger partial charge in [-0.15, -0.1) is 0 Å². The highest BCUT2D eigenvalue weighted by Gasteiger charge is 1.97. The third-order valence-electron chi connectivity index (χ3n) is 2.48. The van der Waals surface area contributed by atoms with Crippen LogP contribution in [0.5, 0.6) is 0 Å². The van der Waals surface area contributed by atoms with Crippen molar-refractivity contribution in [2.45, 2.75) is 13.3 Å². The maximum atomic E-state index is 3.50. The number of rotatable bonds is 4. The average Bonchev–Trinajstić information content (AvgIpc) is 2.76. The highest BCUT2D eigenvalue weighted by molar-refractivity contribution is 9.10. The van der Waals surface area contributed by atoms with Crippen molar-refractivity contribution in [3.05, 3.63) is 50.6 Å². The van der Waals surface area contributed by atoms with E-state index in [4.69, 9.17) is 0 Å². The van der Waals surface area contributed by atoms with Crippen LogP contribution < -0.4 is 5.32 Å². The van der Waals surface area contributed by atoms with E-state index < -0.39 is 0 Å². The minimum Gasteiger partial charge on any atom is -0.385 e. The molecule has 0 saturated carbocycles. The molecule has 0 bridgehead atoms. The van der Waals surface area contributed by atoms with E-state index in [0.717, 1.165) is 17.4 Å². The van der Waals surface area contributed by atoms with E-state index in [1.54, 1.807) is 11.3 Å². The van der Waals surface area contributed by atoms with E-state index in [1.165, 1.54) is 16.8 Å². The number of thiophene rings is 1. The van der Waals surface area contributed by atoms with Gasteiger partial charge in [-0.2, -0.15) is 11.3 Å². The number of aryl methyl sites for hydroxylation is 1. The SMILES string of the molecule is Cc1cc(NCCc2ccsc2)ccc1Br. The molecular weight excluding hydrogens is 282 g/mol.